The second-order valence-corrected chi connectivity index (χ2v) is 4.87. The molecule has 0 spiro atoms. The zero-order valence-electron chi connectivity index (χ0n) is 11.2. The van der Waals surface area contributed by atoms with E-state index in [-0.39, 0.29) is 24.0 Å². The molecular formula is C13H18ClN3O3. The molecule has 1 aromatic rings. The summed E-state index contributed by atoms with van der Waals surface area (Å²) in [5.74, 6) is 0.271. The van der Waals surface area contributed by atoms with Gasteiger partial charge >= 0.3 is 0 Å². The quantitative estimate of drug-likeness (QED) is 0.660. The fourth-order valence-electron chi connectivity index (χ4n) is 2.25. The predicted molar refractivity (Wildman–Crippen MR) is 79.3 cm³/mol. The van der Waals surface area contributed by atoms with Crippen molar-refractivity contribution in [2.24, 2.45) is 5.92 Å². The molecule has 110 valence electrons. The minimum absolute atomic E-state index is 0. The largest absolute Gasteiger partial charge is 0.326 e. The maximum absolute atomic E-state index is 11.8. The molecule has 0 saturated carbocycles. The van der Waals surface area contributed by atoms with Crippen LogP contribution in [0.1, 0.15) is 18.4 Å². The van der Waals surface area contributed by atoms with E-state index < -0.39 is 4.92 Å². The first-order valence-electron chi connectivity index (χ1n) is 6.32. The maximum Gasteiger partial charge on any atom is 0.274 e. The number of aryl methyl sites for hydroxylation is 1. The van der Waals surface area contributed by atoms with E-state index >= 15 is 0 Å². The summed E-state index contributed by atoms with van der Waals surface area (Å²) in [6.45, 7) is 3.49. The van der Waals surface area contributed by atoms with Gasteiger partial charge in [0, 0.05) is 23.7 Å². The zero-order valence-corrected chi connectivity index (χ0v) is 12.0. The average Bonchev–Trinajstić information content (AvgIpc) is 2.84. The van der Waals surface area contributed by atoms with Crippen molar-refractivity contribution in [1.29, 1.82) is 0 Å². The number of rotatable bonds is 4. The SMILES string of the molecule is Cc1ccc(NC(=O)CC2CCNC2)cc1[N+](=O)[O-].Cl. The Morgan fingerprint density at radius 2 is 2.30 bits per heavy atom. The molecule has 0 radical (unpaired) electrons. The van der Waals surface area contributed by atoms with Gasteiger partial charge in [-0.15, -0.1) is 12.4 Å². The van der Waals surface area contributed by atoms with Crippen LogP contribution in [0.5, 0.6) is 0 Å². The Morgan fingerprint density at radius 3 is 2.90 bits per heavy atom. The number of carbonyl (C=O) groups is 1. The second-order valence-electron chi connectivity index (χ2n) is 4.87. The number of carbonyl (C=O) groups excluding carboxylic acids is 1. The van der Waals surface area contributed by atoms with Crippen molar-refractivity contribution in [3.63, 3.8) is 0 Å². The molecule has 2 rings (SSSR count). The van der Waals surface area contributed by atoms with E-state index in [1.165, 1.54) is 6.07 Å². The summed E-state index contributed by atoms with van der Waals surface area (Å²) < 4.78 is 0. The normalized spacial score (nSPS) is 17.4. The number of nitrogens with one attached hydrogen (secondary N) is 2. The summed E-state index contributed by atoms with van der Waals surface area (Å²) >= 11 is 0. The van der Waals surface area contributed by atoms with Gasteiger partial charge in [-0.05, 0) is 38.4 Å². The van der Waals surface area contributed by atoms with E-state index in [1.54, 1.807) is 19.1 Å². The van der Waals surface area contributed by atoms with Crippen molar-refractivity contribution in [1.82, 2.24) is 5.32 Å². The van der Waals surface area contributed by atoms with Gasteiger partial charge in [-0.25, -0.2) is 0 Å². The number of nitrogens with zero attached hydrogens (tertiary/aromatic N) is 1. The lowest BCUT2D eigenvalue weighted by atomic mass is 10.0. The monoisotopic (exact) mass is 299 g/mol. The van der Waals surface area contributed by atoms with Crippen LogP contribution in [0, 0.1) is 23.0 Å². The third-order valence-corrected chi connectivity index (χ3v) is 3.33. The molecule has 0 aliphatic carbocycles. The first-order chi connectivity index (χ1) is 9.06. The highest BCUT2D eigenvalue weighted by molar-refractivity contribution is 5.91. The summed E-state index contributed by atoms with van der Waals surface area (Å²) in [6, 6.07) is 4.73. The highest BCUT2D eigenvalue weighted by Gasteiger charge is 2.18. The van der Waals surface area contributed by atoms with Crippen molar-refractivity contribution in [3.05, 3.63) is 33.9 Å². The molecule has 0 bridgehead atoms. The minimum atomic E-state index is -0.439. The lowest BCUT2D eigenvalue weighted by molar-refractivity contribution is -0.385. The smallest absolute Gasteiger partial charge is 0.274 e. The van der Waals surface area contributed by atoms with Crippen LogP contribution in [-0.2, 0) is 4.79 Å². The molecule has 1 fully saturated rings. The Kier molecular flexibility index (Phi) is 5.91. The molecule has 6 nitrogen and oxygen atoms in total. The molecular weight excluding hydrogens is 282 g/mol. The van der Waals surface area contributed by atoms with Crippen molar-refractivity contribution >= 4 is 29.7 Å². The van der Waals surface area contributed by atoms with Gasteiger partial charge in [0.05, 0.1) is 4.92 Å². The fraction of sp³-hybridized carbons (Fsp3) is 0.462. The zero-order chi connectivity index (χ0) is 13.8. The van der Waals surface area contributed by atoms with Crippen LogP contribution in [0.25, 0.3) is 0 Å². The van der Waals surface area contributed by atoms with Gasteiger partial charge in [-0.2, -0.15) is 0 Å². The summed E-state index contributed by atoms with van der Waals surface area (Å²) in [4.78, 5) is 22.2. The van der Waals surface area contributed by atoms with Crippen LogP contribution >= 0.6 is 12.4 Å². The first-order valence-corrected chi connectivity index (χ1v) is 6.32. The standard InChI is InChI=1S/C13H17N3O3.ClH/c1-9-2-3-11(7-12(9)16(18)19)15-13(17)6-10-4-5-14-8-10;/h2-3,7,10,14H,4-6,8H2,1H3,(H,15,17);1H. The van der Waals surface area contributed by atoms with Crippen molar-refractivity contribution < 1.29 is 9.72 Å². The first kappa shape index (κ1) is 16.4. The van der Waals surface area contributed by atoms with E-state index in [2.05, 4.69) is 10.6 Å². The van der Waals surface area contributed by atoms with E-state index in [0.717, 1.165) is 19.5 Å². The highest BCUT2D eigenvalue weighted by atomic mass is 35.5. The lowest BCUT2D eigenvalue weighted by Crippen LogP contribution is -2.18. The molecule has 0 aromatic heterocycles. The van der Waals surface area contributed by atoms with Gasteiger partial charge < -0.3 is 10.6 Å². The molecule has 2 N–H and O–H groups in total. The molecule has 1 unspecified atom stereocenters. The van der Waals surface area contributed by atoms with Crippen molar-refractivity contribution in [2.45, 2.75) is 19.8 Å². The highest BCUT2D eigenvalue weighted by Crippen LogP contribution is 2.23. The summed E-state index contributed by atoms with van der Waals surface area (Å²) in [6.07, 6.45) is 1.45. The molecule has 1 amide bonds. The third kappa shape index (κ3) is 4.18. The molecule has 1 atom stereocenters. The Morgan fingerprint density at radius 1 is 1.55 bits per heavy atom. The molecule has 1 saturated heterocycles. The van der Waals surface area contributed by atoms with Gasteiger partial charge in [0.25, 0.3) is 5.69 Å². The van der Waals surface area contributed by atoms with E-state index in [0.29, 0.717) is 23.6 Å². The number of halogens is 1. The second kappa shape index (κ2) is 7.21. The number of nitro benzene ring substituents is 1. The van der Waals surface area contributed by atoms with E-state index in [9.17, 15) is 14.9 Å². The number of amides is 1. The lowest BCUT2D eigenvalue weighted by Gasteiger charge is -2.09. The van der Waals surface area contributed by atoms with Gasteiger partial charge in [0.2, 0.25) is 5.91 Å². The van der Waals surface area contributed by atoms with Crippen LogP contribution in [0.2, 0.25) is 0 Å². The molecule has 1 aromatic carbocycles. The van der Waals surface area contributed by atoms with E-state index in [1.807, 2.05) is 0 Å². The van der Waals surface area contributed by atoms with Crippen LogP contribution in [0.3, 0.4) is 0 Å². The van der Waals surface area contributed by atoms with Crippen molar-refractivity contribution in [2.75, 3.05) is 18.4 Å². The maximum atomic E-state index is 11.8. The number of benzene rings is 1. The predicted octanol–water partition coefficient (Wildman–Crippen LogP) is 2.26. The van der Waals surface area contributed by atoms with Crippen LogP contribution in [0.4, 0.5) is 11.4 Å². The number of anilines is 1. The Labute approximate surface area is 123 Å². The Balaban J connectivity index is 0.00000200. The fourth-order valence-corrected chi connectivity index (χ4v) is 2.25. The molecule has 20 heavy (non-hydrogen) atoms. The van der Waals surface area contributed by atoms with Crippen LogP contribution in [0.15, 0.2) is 18.2 Å². The Bertz CT molecular complexity index is 502. The number of hydrogen-bond acceptors (Lipinski definition) is 4. The van der Waals surface area contributed by atoms with Gasteiger partial charge in [-0.1, -0.05) is 6.07 Å². The number of hydrogen-bond donors (Lipinski definition) is 2. The third-order valence-electron chi connectivity index (χ3n) is 3.33. The molecule has 1 heterocycles. The van der Waals surface area contributed by atoms with Gasteiger partial charge in [0.1, 0.15) is 0 Å². The van der Waals surface area contributed by atoms with Gasteiger partial charge in [0.15, 0.2) is 0 Å². The van der Waals surface area contributed by atoms with Crippen molar-refractivity contribution in [3.8, 4) is 0 Å². The average molecular weight is 300 g/mol. The van der Waals surface area contributed by atoms with Crippen LogP contribution < -0.4 is 10.6 Å². The summed E-state index contributed by atoms with van der Waals surface area (Å²) in [5.41, 5.74) is 1.09. The molecule has 7 heteroatoms. The molecule has 1 aliphatic rings. The minimum Gasteiger partial charge on any atom is -0.326 e. The van der Waals surface area contributed by atoms with Crippen LogP contribution in [-0.4, -0.2) is 23.9 Å². The molecule has 1 aliphatic heterocycles. The van der Waals surface area contributed by atoms with E-state index in [4.69, 9.17) is 0 Å². The topological polar surface area (TPSA) is 84.3 Å². The Hall–Kier alpha value is -1.66. The van der Waals surface area contributed by atoms with Gasteiger partial charge in [-0.3, -0.25) is 14.9 Å². The summed E-state index contributed by atoms with van der Waals surface area (Å²) in [5, 5.41) is 16.7. The summed E-state index contributed by atoms with van der Waals surface area (Å²) in [7, 11) is 0. The number of nitro groups is 1.